The minimum atomic E-state index is 0.693. The predicted octanol–water partition coefficient (Wildman–Crippen LogP) is 12.4. The van der Waals surface area contributed by atoms with Crippen molar-refractivity contribution >= 4 is 43.7 Å². The van der Waals surface area contributed by atoms with Crippen LogP contribution in [0.15, 0.2) is 174 Å². The van der Waals surface area contributed by atoms with Crippen molar-refractivity contribution in [2.45, 2.75) is 6.92 Å². The van der Waals surface area contributed by atoms with Gasteiger partial charge in [0.25, 0.3) is 0 Å². The van der Waals surface area contributed by atoms with E-state index in [0.29, 0.717) is 5.82 Å². The Morgan fingerprint density at radius 1 is 0.451 bits per heavy atom. The lowest BCUT2D eigenvalue weighted by molar-refractivity contribution is 0.668. The first-order chi connectivity index (χ1) is 25.2. The van der Waals surface area contributed by atoms with E-state index in [2.05, 4.69) is 145 Å². The van der Waals surface area contributed by atoms with Crippen LogP contribution < -0.4 is 0 Å². The maximum absolute atomic E-state index is 6.55. The summed E-state index contributed by atoms with van der Waals surface area (Å²) in [4.78, 5) is 10.2. The quantitative estimate of drug-likeness (QED) is 0.186. The number of fused-ring (bicyclic) bond motifs is 6. The minimum absolute atomic E-state index is 0.693. The van der Waals surface area contributed by atoms with E-state index >= 15 is 0 Å². The molecule has 0 radical (unpaired) electrons. The number of nitrogens with zero attached hydrogens (tertiary/aromatic N) is 3. The molecule has 0 aliphatic rings. The SMILES string of the molecule is Cc1cc(-c2cc(-c3ccccc3)nc(-c3ccccc3)n2)c2c(c1)oc1ccc(-c3ccc4c(c3)c3ccccc3n4-c3ccccc3)cc12. The van der Waals surface area contributed by atoms with Crippen molar-refractivity contribution in [1.29, 1.82) is 0 Å². The van der Waals surface area contributed by atoms with E-state index in [4.69, 9.17) is 14.4 Å². The highest BCUT2D eigenvalue weighted by molar-refractivity contribution is 6.14. The Morgan fingerprint density at radius 3 is 1.86 bits per heavy atom. The molecule has 0 unspecified atom stereocenters. The Labute approximate surface area is 294 Å². The van der Waals surface area contributed by atoms with Crippen LogP contribution >= 0.6 is 0 Å². The van der Waals surface area contributed by atoms with E-state index in [1.54, 1.807) is 0 Å². The molecular weight excluding hydrogens is 623 g/mol. The van der Waals surface area contributed by atoms with Crippen LogP contribution in [-0.4, -0.2) is 14.5 Å². The van der Waals surface area contributed by atoms with Gasteiger partial charge in [0.1, 0.15) is 11.2 Å². The van der Waals surface area contributed by atoms with Crippen LogP contribution in [0, 0.1) is 6.92 Å². The molecule has 0 amide bonds. The van der Waals surface area contributed by atoms with Crippen LogP contribution in [0.4, 0.5) is 0 Å². The number of rotatable bonds is 5. The zero-order chi connectivity index (χ0) is 33.9. The van der Waals surface area contributed by atoms with Gasteiger partial charge in [-0.05, 0) is 84.3 Å². The second-order valence-corrected chi connectivity index (χ2v) is 13.1. The van der Waals surface area contributed by atoms with Crippen LogP contribution in [0.5, 0.6) is 0 Å². The summed E-state index contributed by atoms with van der Waals surface area (Å²) < 4.78 is 8.90. The first-order valence-corrected chi connectivity index (χ1v) is 17.2. The van der Waals surface area contributed by atoms with Crippen molar-refractivity contribution in [1.82, 2.24) is 14.5 Å². The van der Waals surface area contributed by atoms with Gasteiger partial charge in [-0.25, -0.2) is 9.97 Å². The molecule has 240 valence electrons. The molecule has 0 bridgehead atoms. The highest BCUT2D eigenvalue weighted by Crippen LogP contribution is 2.41. The van der Waals surface area contributed by atoms with Crippen LogP contribution in [0.1, 0.15) is 5.56 Å². The van der Waals surface area contributed by atoms with Crippen LogP contribution in [-0.2, 0) is 0 Å². The summed E-state index contributed by atoms with van der Waals surface area (Å²) in [5, 5.41) is 4.57. The number of aryl methyl sites for hydroxylation is 1. The number of aromatic nitrogens is 3. The maximum atomic E-state index is 6.55. The lowest BCUT2D eigenvalue weighted by Crippen LogP contribution is -1.96. The Kier molecular flexibility index (Phi) is 6.68. The minimum Gasteiger partial charge on any atom is -0.456 e. The van der Waals surface area contributed by atoms with Crippen molar-refractivity contribution in [3.63, 3.8) is 0 Å². The molecule has 7 aromatic carbocycles. The van der Waals surface area contributed by atoms with Gasteiger partial charge in [0.2, 0.25) is 0 Å². The molecule has 3 aromatic heterocycles. The first-order valence-electron chi connectivity index (χ1n) is 17.2. The molecule has 4 nitrogen and oxygen atoms in total. The van der Waals surface area contributed by atoms with E-state index in [9.17, 15) is 0 Å². The number of furan rings is 1. The molecule has 0 atom stereocenters. The molecule has 0 fully saturated rings. The molecular formula is C47H31N3O. The summed E-state index contributed by atoms with van der Waals surface area (Å²) in [5.74, 6) is 0.693. The van der Waals surface area contributed by atoms with E-state index in [1.807, 2.05) is 36.4 Å². The van der Waals surface area contributed by atoms with E-state index in [-0.39, 0.29) is 0 Å². The zero-order valence-corrected chi connectivity index (χ0v) is 27.9. The van der Waals surface area contributed by atoms with Gasteiger partial charge >= 0.3 is 0 Å². The Hall–Kier alpha value is -6.78. The van der Waals surface area contributed by atoms with E-state index < -0.39 is 0 Å². The Balaban J connectivity index is 1.18. The molecule has 4 heteroatoms. The predicted molar refractivity (Wildman–Crippen MR) is 210 cm³/mol. The summed E-state index contributed by atoms with van der Waals surface area (Å²) in [6.07, 6.45) is 0. The molecule has 0 spiro atoms. The van der Waals surface area contributed by atoms with Gasteiger partial charge in [-0.15, -0.1) is 0 Å². The van der Waals surface area contributed by atoms with Gasteiger partial charge in [-0.3, -0.25) is 0 Å². The van der Waals surface area contributed by atoms with Crippen molar-refractivity contribution in [2.75, 3.05) is 0 Å². The third-order valence-electron chi connectivity index (χ3n) is 9.84. The van der Waals surface area contributed by atoms with E-state index in [1.165, 1.54) is 21.8 Å². The molecule has 0 saturated heterocycles. The molecule has 51 heavy (non-hydrogen) atoms. The molecule has 0 aliphatic carbocycles. The zero-order valence-electron chi connectivity index (χ0n) is 27.9. The molecule has 0 N–H and O–H groups in total. The normalized spacial score (nSPS) is 11.6. The van der Waals surface area contributed by atoms with Crippen LogP contribution in [0.3, 0.4) is 0 Å². The largest absolute Gasteiger partial charge is 0.456 e. The number of hydrogen-bond donors (Lipinski definition) is 0. The summed E-state index contributed by atoms with van der Waals surface area (Å²) in [5.41, 5.74) is 13.4. The smallest absolute Gasteiger partial charge is 0.160 e. The molecule has 0 aliphatic heterocycles. The fraction of sp³-hybridized carbons (Fsp3) is 0.0213. The van der Waals surface area contributed by atoms with Gasteiger partial charge in [-0.1, -0.05) is 109 Å². The third kappa shape index (κ3) is 4.92. The highest BCUT2D eigenvalue weighted by Gasteiger charge is 2.19. The molecule has 10 rings (SSSR count). The lowest BCUT2D eigenvalue weighted by atomic mass is 9.97. The summed E-state index contributed by atoms with van der Waals surface area (Å²) in [6, 6.07) is 59.6. The standard InChI is InChI=1S/C47H31N3O/c1-30-25-38(41-29-40(31-13-5-2-6-14-31)48-47(49-41)32-15-7-3-8-16-32)46-39-28-34(22-24-44(39)51-45(46)26-30)33-21-23-43-37(27-33)36-19-11-12-20-42(36)50(43)35-17-9-4-10-18-35/h2-29H,1H3. The monoisotopic (exact) mass is 653 g/mol. The second kappa shape index (κ2) is 11.7. The van der Waals surface area contributed by atoms with Gasteiger partial charge in [0.15, 0.2) is 5.82 Å². The van der Waals surface area contributed by atoms with Crippen molar-refractivity contribution < 1.29 is 4.42 Å². The fourth-order valence-electron chi connectivity index (χ4n) is 7.49. The second-order valence-electron chi connectivity index (χ2n) is 13.1. The van der Waals surface area contributed by atoms with Crippen molar-refractivity contribution in [3.8, 4) is 50.7 Å². The highest BCUT2D eigenvalue weighted by atomic mass is 16.3. The maximum Gasteiger partial charge on any atom is 0.160 e. The summed E-state index contributed by atoms with van der Waals surface area (Å²) in [6.45, 7) is 2.11. The van der Waals surface area contributed by atoms with Crippen LogP contribution in [0.25, 0.3) is 94.5 Å². The summed E-state index contributed by atoms with van der Waals surface area (Å²) >= 11 is 0. The lowest BCUT2D eigenvalue weighted by Gasteiger charge is -2.11. The average Bonchev–Trinajstić information content (AvgIpc) is 3.73. The van der Waals surface area contributed by atoms with Gasteiger partial charge in [0, 0.05) is 43.9 Å². The Morgan fingerprint density at radius 2 is 1.08 bits per heavy atom. The number of benzene rings is 7. The first kappa shape index (κ1) is 29.2. The Bertz CT molecular complexity index is 2850. The van der Waals surface area contributed by atoms with E-state index in [0.717, 1.165) is 72.4 Å². The number of para-hydroxylation sites is 2. The van der Waals surface area contributed by atoms with Gasteiger partial charge in [-0.2, -0.15) is 0 Å². The molecule has 3 heterocycles. The van der Waals surface area contributed by atoms with Crippen molar-refractivity contribution in [3.05, 3.63) is 175 Å². The molecule has 0 saturated carbocycles. The van der Waals surface area contributed by atoms with Crippen LogP contribution in [0.2, 0.25) is 0 Å². The number of hydrogen-bond acceptors (Lipinski definition) is 3. The van der Waals surface area contributed by atoms with Crippen molar-refractivity contribution in [2.24, 2.45) is 0 Å². The molecule has 10 aromatic rings. The van der Waals surface area contributed by atoms with Gasteiger partial charge < -0.3 is 8.98 Å². The topological polar surface area (TPSA) is 43.9 Å². The average molecular weight is 654 g/mol. The van der Waals surface area contributed by atoms with Gasteiger partial charge in [0.05, 0.1) is 22.4 Å². The summed E-state index contributed by atoms with van der Waals surface area (Å²) in [7, 11) is 0. The fourth-order valence-corrected chi connectivity index (χ4v) is 7.49. The third-order valence-corrected chi connectivity index (χ3v) is 9.84.